The van der Waals surface area contributed by atoms with Gasteiger partial charge in [0.1, 0.15) is 0 Å². The number of rotatable bonds is 6. The first-order valence-corrected chi connectivity index (χ1v) is 7.55. The lowest BCUT2D eigenvalue weighted by molar-refractivity contribution is -0.384. The molecular formula is C18H16N4O3. The molecular weight excluding hydrogens is 320 g/mol. The molecule has 0 N–H and O–H groups in total. The van der Waals surface area contributed by atoms with Gasteiger partial charge in [0.05, 0.1) is 30.2 Å². The number of hydrogen-bond donors (Lipinski definition) is 0. The lowest BCUT2D eigenvalue weighted by Crippen LogP contribution is -2.27. The van der Waals surface area contributed by atoms with Crippen molar-refractivity contribution >= 4 is 17.8 Å². The van der Waals surface area contributed by atoms with Crippen molar-refractivity contribution in [1.29, 1.82) is 5.26 Å². The van der Waals surface area contributed by atoms with Crippen LogP contribution in [-0.2, 0) is 0 Å². The van der Waals surface area contributed by atoms with Gasteiger partial charge in [0.2, 0.25) is 0 Å². The third-order valence-electron chi connectivity index (χ3n) is 3.42. The Labute approximate surface area is 145 Å². The highest BCUT2D eigenvalue weighted by molar-refractivity contribution is 5.95. The Morgan fingerprint density at radius 2 is 1.88 bits per heavy atom. The van der Waals surface area contributed by atoms with Crippen LogP contribution >= 0.6 is 0 Å². The second kappa shape index (κ2) is 8.36. The van der Waals surface area contributed by atoms with Crippen molar-refractivity contribution in [2.24, 2.45) is 5.10 Å². The molecule has 2 aromatic carbocycles. The Hall–Kier alpha value is -3.53. The smallest absolute Gasteiger partial charge is 0.267 e. The van der Waals surface area contributed by atoms with Crippen LogP contribution in [-0.4, -0.2) is 28.6 Å². The molecule has 7 heteroatoms. The molecule has 126 valence electrons. The van der Waals surface area contributed by atoms with E-state index in [2.05, 4.69) is 5.10 Å². The number of benzene rings is 2. The Morgan fingerprint density at radius 1 is 1.24 bits per heavy atom. The Kier molecular flexibility index (Phi) is 5.96. The summed E-state index contributed by atoms with van der Waals surface area (Å²) < 4.78 is 0. The summed E-state index contributed by atoms with van der Waals surface area (Å²) in [6.07, 6.45) is 1.67. The summed E-state index contributed by atoms with van der Waals surface area (Å²) in [6, 6.07) is 14.9. The molecule has 0 atom stereocenters. The standard InChI is InChI=1S/C18H16N4O3/c1-14-3-5-15(6-4-14)13-20-21(12-2-11-19)18(23)16-7-9-17(10-8-16)22(24)25/h3-10,13H,2,12H2,1H3/b20-13-. The van der Waals surface area contributed by atoms with Crippen molar-refractivity contribution in [3.63, 3.8) is 0 Å². The zero-order valence-corrected chi connectivity index (χ0v) is 13.6. The van der Waals surface area contributed by atoms with Crippen LogP contribution in [0.3, 0.4) is 0 Å². The zero-order chi connectivity index (χ0) is 18.2. The van der Waals surface area contributed by atoms with Gasteiger partial charge < -0.3 is 0 Å². The summed E-state index contributed by atoms with van der Waals surface area (Å²) >= 11 is 0. The highest BCUT2D eigenvalue weighted by atomic mass is 16.6. The zero-order valence-electron chi connectivity index (χ0n) is 13.6. The molecule has 0 aliphatic heterocycles. The highest BCUT2D eigenvalue weighted by Gasteiger charge is 2.16. The average Bonchev–Trinajstić information content (AvgIpc) is 2.63. The SMILES string of the molecule is Cc1ccc(/C=N\N(CCC#N)C(=O)c2ccc([N+](=O)[O-])cc2)cc1. The van der Waals surface area contributed by atoms with E-state index in [0.29, 0.717) is 0 Å². The van der Waals surface area contributed by atoms with E-state index in [-0.39, 0.29) is 24.2 Å². The van der Waals surface area contributed by atoms with Crippen LogP contribution in [0.1, 0.15) is 27.9 Å². The third kappa shape index (κ3) is 4.97. The molecule has 0 radical (unpaired) electrons. The molecule has 25 heavy (non-hydrogen) atoms. The summed E-state index contributed by atoms with van der Waals surface area (Å²) in [5, 5.41) is 24.8. The topological polar surface area (TPSA) is 99.6 Å². The van der Waals surface area contributed by atoms with Crippen molar-refractivity contribution < 1.29 is 9.72 Å². The van der Waals surface area contributed by atoms with E-state index in [4.69, 9.17) is 5.26 Å². The van der Waals surface area contributed by atoms with Crippen molar-refractivity contribution in [2.75, 3.05) is 6.54 Å². The quantitative estimate of drug-likeness (QED) is 0.459. The van der Waals surface area contributed by atoms with E-state index in [9.17, 15) is 14.9 Å². The first kappa shape index (κ1) is 17.8. The van der Waals surface area contributed by atoms with Gasteiger partial charge >= 0.3 is 0 Å². The van der Waals surface area contributed by atoms with Gasteiger partial charge in [-0.15, -0.1) is 0 Å². The fraction of sp³-hybridized carbons (Fsp3) is 0.167. The second-order valence-corrected chi connectivity index (χ2v) is 5.30. The molecule has 1 amide bonds. The van der Waals surface area contributed by atoms with Gasteiger partial charge in [-0.3, -0.25) is 14.9 Å². The summed E-state index contributed by atoms with van der Waals surface area (Å²) in [5.41, 5.74) is 2.11. The van der Waals surface area contributed by atoms with Crippen LogP contribution in [0.4, 0.5) is 5.69 Å². The predicted octanol–water partition coefficient (Wildman–Crippen LogP) is 3.29. The predicted molar refractivity (Wildman–Crippen MR) is 93.1 cm³/mol. The Morgan fingerprint density at radius 3 is 2.44 bits per heavy atom. The minimum atomic E-state index is -0.531. The monoisotopic (exact) mass is 336 g/mol. The molecule has 0 aliphatic carbocycles. The van der Waals surface area contributed by atoms with Crippen LogP contribution in [0.5, 0.6) is 0 Å². The van der Waals surface area contributed by atoms with Crippen LogP contribution in [0, 0.1) is 28.4 Å². The maximum absolute atomic E-state index is 12.5. The average molecular weight is 336 g/mol. The maximum atomic E-state index is 12.5. The number of hydrazone groups is 1. The van der Waals surface area contributed by atoms with Gasteiger partial charge in [0, 0.05) is 17.7 Å². The first-order chi connectivity index (χ1) is 12.0. The number of aryl methyl sites for hydroxylation is 1. The van der Waals surface area contributed by atoms with E-state index < -0.39 is 10.8 Å². The number of carbonyl (C=O) groups is 1. The largest absolute Gasteiger partial charge is 0.273 e. The van der Waals surface area contributed by atoms with Crippen molar-refractivity contribution in [1.82, 2.24) is 5.01 Å². The normalized spacial score (nSPS) is 10.4. The lowest BCUT2D eigenvalue weighted by atomic mass is 10.2. The maximum Gasteiger partial charge on any atom is 0.273 e. The van der Waals surface area contributed by atoms with Crippen LogP contribution in [0.25, 0.3) is 0 Å². The number of nitro groups is 1. The molecule has 7 nitrogen and oxygen atoms in total. The molecule has 0 bridgehead atoms. The minimum Gasteiger partial charge on any atom is -0.267 e. The van der Waals surface area contributed by atoms with Crippen molar-refractivity contribution in [2.45, 2.75) is 13.3 Å². The van der Waals surface area contributed by atoms with Crippen LogP contribution < -0.4 is 0 Å². The fourth-order valence-electron chi connectivity index (χ4n) is 2.03. The summed E-state index contributed by atoms with van der Waals surface area (Å²) in [7, 11) is 0. The van der Waals surface area contributed by atoms with Gasteiger partial charge in [-0.1, -0.05) is 29.8 Å². The molecule has 2 rings (SSSR count). The number of nitro benzene ring substituents is 1. The number of hydrogen-bond acceptors (Lipinski definition) is 5. The van der Waals surface area contributed by atoms with Crippen LogP contribution in [0.2, 0.25) is 0 Å². The Bertz CT molecular complexity index is 821. The number of amides is 1. The van der Waals surface area contributed by atoms with Gasteiger partial charge in [0.15, 0.2) is 0 Å². The molecule has 0 spiro atoms. The van der Waals surface area contributed by atoms with E-state index in [1.165, 1.54) is 29.3 Å². The number of nitriles is 1. The van der Waals surface area contributed by atoms with E-state index >= 15 is 0 Å². The summed E-state index contributed by atoms with van der Waals surface area (Å²) in [4.78, 5) is 22.7. The number of nitrogens with zero attached hydrogens (tertiary/aromatic N) is 4. The number of carbonyl (C=O) groups excluding carboxylic acids is 1. The van der Waals surface area contributed by atoms with Gasteiger partial charge in [0.25, 0.3) is 11.6 Å². The molecule has 0 saturated carbocycles. The van der Waals surface area contributed by atoms with E-state index in [0.717, 1.165) is 11.1 Å². The lowest BCUT2D eigenvalue weighted by Gasteiger charge is -2.15. The molecule has 0 aliphatic rings. The minimum absolute atomic E-state index is 0.0942. The molecule has 2 aromatic rings. The molecule has 0 fully saturated rings. The van der Waals surface area contributed by atoms with Gasteiger partial charge in [-0.05, 0) is 24.6 Å². The second-order valence-electron chi connectivity index (χ2n) is 5.30. The third-order valence-corrected chi connectivity index (χ3v) is 3.42. The highest BCUT2D eigenvalue weighted by Crippen LogP contribution is 2.14. The first-order valence-electron chi connectivity index (χ1n) is 7.55. The van der Waals surface area contributed by atoms with E-state index in [1.54, 1.807) is 6.21 Å². The fourth-order valence-corrected chi connectivity index (χ4v) is 2.03. The van der Waals surface area contributed by atoms with Crippen LogP contribution in [0.15, 0.2) is 53.6 Å². The molecule has 0 saturated heterocycles. The van der Waals surface area contributed by atoms with Gasteiger partial charge in [-0.2, -0.15) is 10.4 Å². The summed E-state index contributed by atoms with van der Waals surface area (Å²) in [6.45, 7) is 2.10. The van der Waals surface area contributed by atoms with Gasteiger partial charge in [-0.25, -0.2) is 5.01 Å². The van der Waals surface area contributed by atoms with Crippen molar-refractivity contribution in [3.05, 3.63) is 75.3 Å². The molecule has 0 unspecified atom stereocenters. The van der Waals surface area contributed by atoms with Crippen molar-refractivity contribution in [3.8, 4) is 6.07 Å². The molecule has 0 heterocycles. The number of non-ortho nitro benzene ring substituents is 1. The Balaban J connectivity index is 2.20. The summed E-state index contributed by atoms with van der Waals surface area (Å²) in [5.74, 6) is -0.423. The molecule has 0 aromatic heterocycles. The van der Waals surface area contributed by atoms with E-state index in [1.807, 2.05) is 37.3 Å².